The van der Waals surface area contributed by atoms with Gasteiger partial charge in [0.25, 0.3) is 0 Å². The minimum atomic E-state index is -4.51. The average Bonchev–Trinajstić information content (AvgIpc) is 2.33. The molecule has 2 nitrogen and oxygen atoms in total. The predicted octanol–water partition coefficient (Wildman–Crippen LogP) is 4.73. The summed E-state index contributed by atoms with van der Waals surface area (Å²) >= 11 is 5.70. The molecule has 0 aliphatic rings. The Hall–Kier alpha value is -1.88. The third-order valence-electron chi connectivity index (χ3n) is 2.38. The summed E-state index contributed by atoms with van der Waals surface area (Å²) in [7, 11) is 0. The number of benzene rings is 2. The van der Waals surface area contributed by atoms with Gasteiger partial charge in [0.15, 0.2) is 0 Å². The maximum Gasteiger partial charge on any atom is 0.418 e. The number of ether oxygens (including phenoxy) is 1. The fraction of sp³-hybridized carbons (Fsp3) is 0.0769. The van der Waals surface area contributed by atoms with Gasteiger partial charge in [-0.2, -0.15) is 13.2 Å². The summed E-state index contributed by atoms with van der Waals surface area (Å²) in [5.41, 5.74) is 4.04. The van der Waals surface area contributed by atoms with Crippen molar-refractivity contribution >= 4 is 17.3 Å². The quantitative estimate of drug-likeness (QED) is 0.810. The lowest BCUT2D eigenvalue weighted by atomic mass is 10.1. The van der Waals surface area contributed by atoms with E-state index in [1.165, 1.54) is 6.07 Å². The Morgan fingerprint density at radius 1 is 0.947 bits per heavy atom. The molecule has 2 rings (SSSR count). The number of hydrogen-bond donors (Lipinski definition) is 1. The van der Waals surface area contributed by atoms with Crippen molar-refractivity contribution in [3.05, 3.63) is 53.1 Å². The van der Waals surface area contributed by atoms with Crippen LogP contribution in [0.1, 0.15) is 5.56 Å². The fourth-order valence-corrected chi connectivity index (χ4v) is 1.61. The standard InChI is InChI=1S/C13H9ClF3NO/c14-8-1-3-9(4-2-8)19-10-5-6-12(18)11(7-10)13(15,16)17/h1-7H,18H2. The van der Waals surface area contributed by atoms with Crippen LogP contribution in [0.5, 0.6) is 11.5 Å². The smallest absolute Gasteiger partial charge is 0.418 e. The van der Waals surface area contributed by atoms with Gasteiger partial charge in [0.2, 0.25) is 0 Å². The van der Waals surface area contributed by atoms with Gasteiger partial charge in [-0.15, -0.1) is 0 Å². The first-order valence-electron chi connectivity index (χ1n) is 5.26. The van der Waals surface area contributed by atoms with Crippen molar-refractivity contribution in [2.75, 3.05) is 5.73 Å². The van der Waals surface area contributed by atoms with Gasteiger partial charge < -0.3 is 10.5 Å². The highest BCUT2D eigenvalue weighted by molar-refractivity contribution is 6.30. The zero-order valence-electron chi connectivity index (χ0n) is 9.54. The molecular weight excluding hydrogens is 279 g/mol. The van der Waals surface area contributed by atoms with Gasteiger partial charge in [-0.25, -0.2) is 0 Å². The Labute approximate surface area is 112 Å². The van der Waals surface area contributed by atoms with E-state index < -0.39 is 11.7 Å². The van der Waals surface area contributed by atoms with Crippen molar-refractivity contribution in [3.8, 4) is 11.5 Å². The van der Waals surface area contributed by atoms with Gasteiger partial charge in [-0.1, -0.05) is 11.6 Å². The fourth-order valence-electron chi connectivity index (χ4n) is 1.48. The first-order valence-corrected chi connectivity index (χ1v) is 5.64. The van der Waals surface area contributed by atoms with E-state index in [1.807, 2.05) is 0 Å². The molecule has 0 aliphatic carbocycles. The van der Waals surface area contributed by atoms with Crippen LogP contribution in [-0.2, 0) is 6.18 Å². The molecule has 0 amide bonds. The lowest BCUT2D eigenvalue weighted by molar-refractivity contribution is -0.137. The summed E-state index contributed by atoms with van der Waals surface area (Å²) in [6, 6.07) is 9.69. The Bertz CT molecular complexity index is 581. The van der Waals surface area contributed by atoms with Crippen molar-refractivity contribution in [2.45, 2.75) is 6.18 Å². The number of alkyl halides is 3. The van der Waals surface area contributed by atoms with Crippen molar-refractivity contribution < 1.29 is 17.9 Å². The topological polar surface area (TPSA) is 35.2 Å². The molecular formula is C13H9ClF3NO. The number of rotatable bonds is 2. The van der Waals surface area contributed by atoms with Crippen LogP contribution in [0, 0.1) is 0 Å². The Morgan fingerprint density at radius 2 is 1.53 bits per heavy atom. The molecule has 100 valence electrons. The highest BCUT2D eigenvalue weighted by Gasteiger charge is 2.33. The third kappa shape index (κ3) is 3.32. The second-order valence-corrected chi connectivity index (χ2v) is 4.24. The molecule has 0 saturated heterocycles. The second-order valence-electron chi connectivity index (χ2n) is 3.80. The lowest BCUT2D eigenvalue weighted by Crippen LogP contribution is -2.08. The van der Waals surface area contributed by atoms with Crippen molar-refractivity contribution in [1.82, 2.24) is 0 Å². The van der Waals surface area contributed by atoms with E-state index in [9.17, 15) is 13.2 Å². The molecule has 0 bridgehead atoms. The van der Waals surface area contributed by atoms with E-state index >= 15 is 0 Å². The zero-order valence-corrected chi connectivity index (χ0v) is 10.3. The van der Waals surface area contributed by atoms with Crippen molar-refractivity contribution in [2.24, 2.45) is 0 Å². The van der Waals surface area contributed by atoms with Crippen LogP contribution in [0.4, 0.5) is 18.9 Å². The van der Waals surface area contributed by atoms with Crippen molar-refractivity contribution in [1.29, 1.82) is 0 Å². The number of hydrogen-bond acceptors (Lipinski definition) is 2. The van der Waals surface area contributed by atoms with Crippen LogP contribution < -0.4 is 10.5 Å². The Morgan fingerprint density at radius 3 is 2.11 bits per heavy atom. The van der Waals surface area contributed by atoms with E-state index in [2.05, 4.69) is 0 Å². The van der Waals surface area contributed by atoms with Crippen LogP contribution in [0.25, 0.3) is 0 Å². The summed E-state index contributed by atoms with van der Waals surface area (Å²) in [6.07, 6.45) is -4.51. The zero-order chi connectivity index (χ0) is 14.0. The number of halogens is 4. The molecule has 2 N–H and O–H groups in total. The molecule has 0 unspecified atom stereocenters. The molecule has 6 heteroatoms. The van der Waals surface area contributed by atoms with Gasteiger partial charge in [-0.3, -0.25) is 0 Å². The van der Waals surface area contributed by atoms with E-state index in [0.717, 1.165) is 12.1 Å². The Balaban J connectivity index is 2.29. The minimum Gasteiger partial charge on any atom is -0.457 e. The summed E-state index contributed by atoms with van der Waals surface area (Å²) in [6.45, 7) is 0. The summed E-state index contributed by atoms with van der Waals surface area (Å²) < 4.78 is 43.3. The molecule has 2 aromatic rings. The maximum absolute atomic E-state index is 12.7. The van der Waals surface area contributed by atoms with Crippen LogP contribution in [0.15, 0.2) is 42.5 Å². The lowest BCUT2D eigenvalue weighted by Gasteiger charge is -2.12. The van der Waals surface area contributed by atoms with Crippen LogP contribution in [0.2, 0.25) is 5.02 Å². The van der Waals surface area contributed by atoms with Crippen LogP contribution >= 0.6 is 11.6 Å². The summed E-state index contributed by atoms with van der Waals surface area (Å²) in [5, 5.41) is 0.514. The molecule has 0 aromatic heterocycles. The van der Waals surface area contributed by atoms with Gasteiger partial charge in [0, 0.05) is 10.7 Å². The molecule has 0 fully saturated rings. The van der Waals surface area contributed by atoms with Gasteiger partial charge in [0.05, 0.1) is 5.56 Å². The molecule has 0 heterocycles. The van der Waals surface area contributed by atoms with E-state index in [1.54, 1.807) is 24.3 Å². The van der Waals surface area contributed by atoms with E-state index in [0.29, 0.717) is 10.8 Å². The molecule has 0 aliphatic heterocycles. The highest BCUT2D eigenvalue weighted by Crippen LogP contribution is 2.36. The van der Waals surface area contributed by atoms with E-state index in [4.69, 9.17) is 22.1 Å². The van der Waals surface area contributed by atoms with Crippen LogP contribution in [0.3, 0.4) is 0 Å². The SMILES string of the molecule is Nc1ccc(Oc2ccc(Cl)cc2)cc1C(F)(F)F. The highest BCUT2D eigenvalue weighted by atomic mass is 35.5. The van der Waals surface area contributed by atoms with Gasteiger partial charge >= 0.3 is 6.18 Å². The Kier molecular flexibility index (Phi) is 3.57. The van der Waals surface area contributed by atoms with E-state index in [-0.39, 0.29) is 11.4 Å². The maximum atomic E-state index is 12.7. The summed E-state index contributed by atoms with van der Waals surface area (Å²) in [4.78, 5) is 0. The number of anilines is 1. The van der Waals surface area contributed by atoms with Gasteiger partial charge in [-0.05, 0) is 42.5 Å². The molecule has 19 heavy (non-hydrogen) atoms. The average molecular weight is 288 g/mol. The van der Waals surface area contributed by atoms with Crippen LogP contribution in [-0.4, -0.2) is 0 Å². The number of nitrogen functional groups attached to an aromatic ring is 1. The molecule has 0 atom stereocenters. The summed E-state index contributed by atoms with van der Waals surface area (Å²) in [5.74, 6) is 0.450. The molecule has 0 spiro atoms. The predicted molar refractivity (Wildman–Crippen MR) is 67.4 cm³/mol. The normalized spacial score (nSPS) is 11.4. The van der Waals surface area contributed by atoms with Gasteiger partial charge in [0.1, 0.15) is 11.5 Å². The first-order chi connectivity index (χ1) is 8.86. The molecule has 0 radical (unpaired) electrons. The minimum absolute atomic E-state index is 0.0591. The molecule has 2 aromatic carbocycles. The monoisotopic (exact) mass is 287 g/mol. The largest absolute Gasteiger partial charge is 0.457 e. The molecule has 0 saturated carbocycles. The first kappa shape index (κ1) is 13.5. The van der Waals surface area contributed by atoms with Crippen molar-refractivity contribution in [3.63, 3.8) is 0 Å². The third-order valence-corrected chi connectivity index (χ3v) is 2.63. The second kappa shape index (κ2) is 5.01. The number of nitrogens with two attached hydrogens (primary N) is 1.